The van der Waals surface area contributed by atoms with Crippen LogP contribution < -0.4 is 0 Å². The molecule has 0 aliphatic heterocycles. The number of aldehydes is 1. The summed E-state index contributed by atoms with van der Waals surface area (Å²) in [7, 11) is 2.27. The molecule has 1 saturated carbocycles. The number of benzene rings is 1. The molecule has 0 unspecified atom stereocenters. The van der Waals surface area contributed by atoms with Crippen LogP contribution >= 0.6 is 0 Å². The zero-order chi connectivity index (χ0) is 24.9. The highest BCUT2D eigenvalue weighted by atomic mass is 16.5. The molecule has 1 aromatic rings. The van der Waals surface area contributed by atoms with E-state index in [0.29, 0.717) is 31.0 Å². The van der Waals surface area contributed by atoms with Gasteiger partial charge in [0.05, 0.1) is 6.61 Å². The molecule has 0 amide bonds. The Morgan fingerprint density at radius 2 is 1.47 bits per heavy atom. The lowest BCUT2D eigenvalue weighted by Gasteiger charge is -2.39. The quantitative estimate of drug-likeness (QED) is 0.426. The first kappa shape index (κ1) is 30.3. The topological polar surface area (TPSA) is 46.6 Å². The molecule has 1 fully saturated rings. The van der Waals surface area contributed by atoms with Gasteiger partial charge in [0.2, 0.25) is 0 Å². The van der Waals surface area contributed by atoms with Crippen molar-refractivity contribution in [1.82, 2.24) is 4.90 Å². The maximum Gasteiger partial charge on any atom is 0.293 e. The summed E-state index contributed by atoms with van der Waals surface area (Å²) in [5.74, 6) is 0. The predicted molar refractivity (Wildman–Crippen MR) is 136 cm³/mol. The van der Waals surface area contributed by atoms with E-state index < -0.39 is 0 Å². The Hall–Kier alpha value is -1.68. The van der Waals surface area contributed by atoms with Crippen LogP contribution in [0.2, 0.25) is 0 Å². The van der Waals surface area contributed by atoms with Gasteiger partial charge in [-0.05, 0) is 106 Å². The number of ether oxygens (including phenoxy) is 1. The van der Waals surface area contributed by atoms with Crippen LogP contribution in [0.3, 0.4) is 0 Å². The molecule has 0 N–H and O–H groups in total. The SMILES string of the molecule is CC.CCOC=O.CCc1c(C)c(C)c(CN(C)C2CCC(C)(C)CC2)c(CC=O)c1C. The maximum absolute atomic E-state index is 11.3. The Balaban J connectivity index is 0.00000121. The minimum Gasteiger partial charge on any atom is -0.468 e. The van der Waals surface area contributed by atoms with Gasteiger partial charge in [0, 0.05) is 19.0 Å². The lowest BCUT2D eigenvalue weighted by atomic mass is 9.75. The fourth-order valence-electron chi connectivity index (χ4n) is 4.74. The van der Waals surface area contributed by atoms with E-state index in [0.717, 1.165) is 19.3 Å². The number of rotatable bonds is 8. The van der Waals surface area contributed by atoms with Crippen LogP contribution in [0.15, 0.2) is 0 Å². The van der Waals surface area contributed by atoms with Crippen molar-refractivity contribution in [2.45, 2.75) is 113 Å². The van der Waals surface area contributed by atoms with E-state index >= 15 is 0 Å². The van der Waals surface area contributed by atoms with E-state index in [9.17, 15) is 9.59 Å². The maximum atomic E-state index is 11.3. The van der Waals surface area contributed by atoms with Crippen LogP contribution in [0.1, 0.15) is 101 Å². The minimum atomic E-state index is 0.431. The average molecular weight is 448 g/mol. The third-order valence-corrected chi connectivity index (χ3v) is 6.95. The van der Waals surface area contributed by atoms with Crippen LogP contribution in [0.25, 0.3) is 0 Å². The van der Waals surface area contributed by atoms with Gasteiger partial charge >= 0.3 is 0 Å². The van der Waals surface area contributed by atoms with Gasteiger partial charge in [-0.25, -0.2) is 0 Å². The average Bonchev–Trinajstić information content (AvgIpc) is 2.77. The summed E-state index contributed by atoms with van der Waals surface area (Å²) in [6, 6.07) is 0.669. The van der Waals surface area contributed by atoms with E-state index in [1.54, 1.807) is 6.92 Å². The van der Waals surface area contributed by atoms with Gasteiger partial charge in [0.15, 0.2) is 0 Å². The highest BCUT2D eigenvalue weighted by Gasteiger charge is 2.29. The number of carbonyl (C=O) groups excluding carboxylic acids is 2. The molecule has 4 nitrogen and oxygen atoms in total. The summed E-state index contributed by atoms with van der Waals surface area (Å²) in [5.41, 5.74) is 8.76. The number of hydrogen-bond donors (Lipinski definition) is 0. The smallest absolute Gasteiger partial charge is 0.293 e. The van der Waals surface area contributed by atoms with Crippen molar-refractivity contribution in [3.05, 3.63) is 33.4 Å². The fourth-order valence-corrected chi connectivity index (χ4v) is 4.74. The Bertz CT molecular complexity index is 699. The largest absolute Gasteiger partial charge is 0.468 e. The van der Waals surface area contributed by atoms with E-state index in [2.05, 4.69) is 58.2 Å². The molecule has 1 aromatic carbocycles. The minimum absolute atomic E-state index is 0.431. The fraction of sp³-hybridized carbons (Fsp3) is 0.714. The molecule has 1 aliphatic rings. The second kappa shape index (κ2) is 15.2. The van der Waals surface area contributed by atoms with Gasteiger partial charge in [-0.3, -0.25) is 9.69 Å². The summed E-state index contributed by atoms with van der Waals surface area (Å²) in [6.45, 7) is 21.3. The van der Waals surface area contributed by atoms with Gasteiger partial charge in [-0.1, -0.05) is 34.6 Å². The summed E-state index contributed by atoms with van der Waals surface area (Å²) < 4.78 is 4.15. The van der Waals surface area contributed by atoms with Gasteiger partial charge in [0.1, 0.15) is 6.29 Å². The van der Waals surface area contributed by atoms with E-state index in [1.807, 2.05) is 13.8 Å². The van der Waals surface area contributed by atoms with Crippen molar-refractivity contribution in [3.63, 3.8) is 0 Å². The Kier molecular flexibility index (Phi) is 14.4. The first-order valence-electron chi connectivity index (χ1n) is 12.4. The normalized spacial score (nSPS) is 15.2. The number of carbonyl (C=O) groups is 2. The molecular formula is C28H49NO3. The van der Waals surface area contributed by atoms with Gasteiger partial charge in [-0.2, -0.15) is 0 Å². The number of hydrogen-bond acceptors (Lipinski definition) is 4. The predicted octanol–water partition coefficient (Wildman–Crippen LogP) is 6.52. The molecule has 1 aliphatic carbocycles. The molecule has 32 heavy (non-hydrogen) atoms. The van der Waals surface area contributed by atoms with Crippen molar-refractivity contribution in [1.29, 1.82) is 0 Å². The lowest BCUT2D eigenvalue weighted by Crippen LogP contribution is -2.37. The van der Waals surface area contributed by atoms with Gasteiger partial charge in [-0.15, -0.1) is 0 Å². The molecule has 0 saturated heterocycles. The third-order valence-electron chi connectivity index (χ3n) is 6.95. The first-order valence-corrected chi connectivity index (χ1v) is 12.4. The summed E-state index contributed by atoms with van der Waals surface area (Å²) in [6.07, 6.45) is 7.86. The molecule has 4 heteroatoms. The van der Waals surface area contributed by atoms with Crippen molar-refractivity contribution >= 4 is 12.8 Å². The summed E-state index contributed by atoms with van der Waals surface area (Å²) in [4.78, 5) is 23.0. The van der Waals surface area contributed by atoms with Crippen LogP contribution in [0.5, 0.6) is 0 Å². The molecule has 0 radical (unpaired) electrons. The van der Waals surface area contributed by atoms with Crippen molar-refractivity contribution in [3.8, 4) is 0 Å². The van der Waals surface area contributed by atoms with Crippen LogP contribution in [-0.4, -0.2) is 37.4 Å². The molecule has 0 bridgehead atoms. The third kappa shape index (κ3) is 8.69. The Labute approximate surface area is 198 Å². The highest BCUT2D eigenvalue weighted by Crippen LogP contribution is 2.37. The first-order chi connectivity index (χ1) is 15.1. The molecule has 0 spiro atoms. The highest BCUT2D eigenvalue weighted by molar-refractivity contribution is 5.61. The van der Waals surface area contributed by atoms with Gasteiger partial charge in [0.25, 0.3) is 6.47 Å². The van der Waals surface area contributed by atoms with Crippen molar-refractivity contribution in [2.75, 3.05) is 13.7 Å². The van der Waals surface area contributed by atoms with Crippen molar-refractivity contribution in [2.24, 2.45) is 5.41 Å². The standard InChI is InChI=1S/C23H37NO.C3H6O2.C2H6/c1-8-20-16(2)17(3)22(21(11-14-25)18(20)4)15-24(7)19-9-12-23(5,6)13-10-19;1-2-5-3-4;1-2/h14,19H,8-13,15H2,1-7H3;3H,2H2,1H3;1-2H3. The molecule has 2 rings (SSSR count). The summed E-state index contributed by atoms with van der Waals surface area (Å²) >= 11 is 0. The van der Waals surface area contributed by atoms with Crippen LogP contribution in [0, 0.1) is 26.2 Å². The van der Waals surface area contributed by atoms with Crippen LogP contribution in [-0.2, 0) is 33.7 Å². The summed E-state index contributed by atoms with van der Waals surface area (Å²) in [5, 5.41) is 0. The molecule has 0 atom stereocenters. The monoisotopic (exact) mass is 447 g/mol. The van der Waals surface area contributed by atoms with E-state index in [4.69, 9.17) is 0 Å². The zero-order valence-corrected chi connectivity index (χ0v) is 22.6. The lowest BCUT2D eigenvalue weighted by molar-refractivity contribution is -0.128. The molecular weight excluding hydrogens is 398 g/mol. The second-order valence-electron chi connectivity index (χ2n) is 9.40. The molecule has 184 valence electrons. The molecule has 0 heterocycles. The van der Waals surface area contributed by atoms with Gasteiger partial charge < -0.3 is 9.53 Å². The Morgan fingerprint density at radius 1 is 0.938 bits per heavy atom. The number of nitrogens with zero attached hydrogens (tertiary/aromatic N) is 1. The molecule has 0 aromatic heterocycles. The van der Waals surface area contributed by atoms with Crippen LogP contribution in [0.4, 0.5) is 0 Å². The van der Waals surface area contributed by atoms with Crippen molar-refractivity contribution < 1.29 is 14.3 Å². The second-order valence-corrected chi connectivity index (χ2v) is 9.40. The van der Waals surface area contributed by atoms with E-state index in [-0.39, 0.29) is 0 Å². The Morgan fingerprint density at radius 3 is 1.88 bits per heavy atom. The van der Waals surface area contributed by atoms with E-state index in [1.165, 1.54) is 59.1 Å². The zero-order valence-electron chi connectivity index (χ0n) is 22.6.